The average Bonchev–Trinajstić information content (AvgIpc) is 2.78. The Labute approximate surface area is 175 Å². The summed E-state index contributed by atoms with van der Waals surface area (Å²) in [7, 11) is 0. The van der Waals surface area contributed by atoms with Crippen LogP contribution < -0.4 is 10.1 Å². The van der Waals surface area contributed by atoms with Gasteiger partial charge in [0, 0.05) is 24.4 Å². The van der Waals surface area contributed by atoms with Gasteiger partial charge in [-0.05, 0) is 59.7 Å². The molecule has 5 heteroatoms. The average molecular weight is 398 g/mol. The first-order valence-electron chi connectivity index (χ1n) is 9.61. The number of aliphatic imine (C=N–C) groups is 1. The molecule has 0 heterocycles. The van der Waals surface area contributed by atoms with E-state index in [1.807, 2.05) is 60.7 Å². The van der Waals surface area contributed by atoms with E-state index in [0.29, 0.717) is 17.9 Å². The Hall–Kier alpha value is -3.99. The van der Waals surface area contributed by atoms with Crippen LogP contribution in [-0.4, -0.2) is 18.1 Å². The molecule has 0 aromatic heterocycles. The standard InChI is InChI=1S/C25H22N2O3/c1-2-24(28)27-22-10-6-9-21(17-22)26-18-20-11-14-23(15-12-20)30-25(29)16-13-19-7-4-3-5-8-19/h3-18H,2H2,1H3,(H,27,28)/b16-13-,26-18?. The summed E-state index contributed by atoms with van der Waals surface area (Å²) in [6, 6.07) is 23.9. The molecule has 30 heavy (non-hydrogen) atoms. The number of hydrogen-bond donors (Lipinski definition) is 1. The monoisotopic (exact) mass is 398 g/mol. The van der Waals surface area contributed by atoms with Crippen molar-refractivity contribution in [2.24, 2.45) is 4.99 Å². The van der Waals surface area contributed by atoms with Crippen LogP contribution in [0.3, 0.4) is 0 Å². The number of nitrogens with zero attached hydrogens (tertiary/aromatic N) is 1. The van der Waals surface area contributed by atoms with Gasteiger partial charge in [-0.25, -0.2) is 4.79 Å². The third-order valence-electron chi connectivity index (χ3n) is 4.12. The van der Waals surface area contributed by atoms with E-state index in [0.717, 1.165) is 16.8 Å². The van der Waals surface area contributed by atoms with E-state index in [4.69, 9.17) is 4.74 Å². The summed E-state index contributed by atoms with van der Waals surface area (Å²) in [5, 5.41) is 2.81. The molecule has 0 bridgehead atoms. The van der Waals surface area contributed by atoms with E-state index in [2.05, 4.69) is 10.3 Å². The summed E-state index contributed by atoms with van der Waals surface area (Å²) in [6.07, 6.45) is 5.24. The smallest absolute Gasteiger partial charge is 0.336 e. The Kier molecular flexibility index (Phi) is 7.28. The zero-order chi connectivity index (χ0) is 21.2. The van der Waals surface area contributed by atoms with Crippen molar-refractivity contribution in [3.63, 3.8) is 0 Å². The molecule has 0 saturated carbocycles. The minimum absolute atomic E-state index is 0.0418. The maximum Gasteiger partial charge on any atom is 0.336 e. The van der Waals surface area contributed by atoms with Crippen LogP contribution in [0.2, 0.25) is 0 Å². The van der Waals surface area contributed by atoms with Gasteiger partial charge in [-0.3, -0.25) is 9.79 Å². The highest BCUT2D eigenvalue weighted by molar-refractivity contribution is 5.91. The number of hydrogen-bond acceptors (Lipinski definition) is 4. The van der Waals surface area contributed by atoms with Gasteiger partial charge in [-0.15, -0.1) is 0 Å². The van der Waals surface area contributed by atoms with Gasteiger partial charge < -0.3 is 10.1 Å². The maximum atomic E-state index is 11.9. The Bertz CT molecular complexity index is 1060. The van der Waals surface area contributed by atoms with E-state index in [1.165, 1.54) is 6.08 Å². The number of amides is 1. The summed E-state index contributed by atoms with van der Waals surface area (Å²) in [6.45, 7) is 1.80. The van der Waals surface area contributed by atoms with Crippen LogP contribution in [0.25, 0.3) is 6.08 Å². The van der Waals surface area contributed by atoms with E-state index in [1.54, 1.807) is 37.4 Å². The maximum absolute atomic E-state index is 11.9. The number of benzene rings is 3. The fourth-order valence-corrected chi connectivity index (χ4v) is 2.56. The SMILES string of the molecule is CCC(=O)Nc1cccc(N=Cc2ccc(OC(=O)/C=C\c3ccccc3)cc2)c1. The number of rotatable bonds is 7. The van der Waals surface area contributed by atoms with E-state index < -0.39 is 5.97 Å². The van der Waals surface area contributed by atoms with Crippen molar-refractivity contribution in [2.75, 3.05) is 5.32 Å². The predicted octanol–water partition coefficient (Wildman–Crippen LogP) is 5.40. The largest absolute Gasteiger partial charge is 0.423 e. The number of nitrogens with one attached hydrogen (secondary N) is 1. The molecule has 1 amide bonds. The summed E-state index contributed by atoms with van der Waals surface area (Å²) >= 11 is 0. The molecular formula is C25H22N2O3. The minimum atomic E-state index is -0.439. The number of ether oxygens (including phenoxy) is 1. The molecule has 0 fully saturated rings. The van der Waals surface area contributed by atoms with Gasteiger partial charge in [0.2, 0.25) is 5.91 Å². The van der Waals surface area contributed by atoms with Gasteiger partial charge in [0.05, 0.1) is 5.69 Å². The highest BCUT2D eigenvalue weighted by Crippen LogP contribution is 2.19. The Morgan fingerprint density at radius 3 is 2.43 bits per heavy atom. The van der Waals surface area contributed by atoms with Crippen LogP contribution in [0.4, 0.5) is 11.4 Å². The highest BCUT2D eigenvalue weighted by Gasteiger charge is 2.01. The van der Waals surface area contributed by atoms with Crippen LogP contribution in [0.1, 0.15) is 24.5 Å². The molecule has 5 nitrogen and oxygen atoms in total. The minimum Gasteiger partial charge on any atom is -0.423 e. The number of esters is 1. The molecule has 0 radical (unpaired) electrons. The van der Waals surface area contributed by atoms with Crippen molar-refractivity contribution in [3.8, 4) is 5.75 Å². The first-order chi connectivity index (χ1) is 14.6. The normalized spacial score (nSPS) is 11.0. The summed E-state index contributed by atoms with van der Waals surface area (Å²) in [4.78, 5) is 27.9. The molecule has 0 unspecified atom stereocenters. The van der Waals surface area contributed by atoms with Crippen molar-refractivity contribution in [2.45, 2.75) is 13.3 Å². The third-order valence-corrected chi connectivity index (χ3v) is 4.12. The fraction of sp³-hybridized carbons (Fsp3) is 0.0800. The number of anilines is 1. The third kappa shape index (κ3) is 6.56. The van der Waals surface area contributed by atoms with Gasteiger partial charge in [0.1, 0.15) is 5.75 Å². The number of carbonyl (C=O) groups is 2. The second-order valence-electron chi connectivity index (χ2n) is 6.44. The van der Waals surface area contributed by atoms with Gasteiger partial charge >= 0.3 is 5.97 Å². The molecule has 150 valence electrons. The summed E-state index contributed by atoms with van der Waals surface area (Å²) < 4.78 is 5.31. The van der Waals surface area contributed by atoms with Crippen LogP contribution in [-0.2, 0) is 9.59 Å². The van der Waals surface area contributed by atoms with Crippen molar-refractivity contribution in [1.82, 2.24) is 0 Å². The molecule has 0 aliphatic heterocycles. The molecule has 0 aliphatic carbocycles. The van der Waals surface area contributed by atoms with E-state index >= 15 is 0 Å². The van der Waals surface area contributed by atoms with Gasteiger partial charge in [0.15, 0.2) is 0 Å². The summed E-state index contributed by atoms with van der Waals surface area (Å²) in [5.74, 6) is -0.0229. The van der Waals surface area contributed by atoms with Crippen molar-refractivity contribution in [1.29, 1.82) is 0 Å². The Morgan fingerprint density at radius 2 is 1.70 bits per heavy atom. The van der Waals surface area contributed by atoms with Crippen LogP contribution >= 0.6 is 0 Å². The highest BCUT2D eigenvalue weighted by atomic mass is 16.5. The first-order valence-corrected chi connectivity index (χ1v) is 9.61. The van der Waals surface area contributed by atoms with Crippen LogP contribution in [0, 0.1) is 0 Å². The van der Waals surface area contributed by atoms with Crippen molar-refractivity contribution < 1.29 is 14.3 Å². The molecule has 0 atom stereocenters. The fourth-order valence-electron chi connectivity index (χ4n) is 2.56. The molecule has 1 N–H and O–H groups in total. The molecular weight excluding hydrogens is 376 g/mol. The topological polar surface area (TPSA) is 67.8 Å². The molecule has 3 rings (SSSR count). The molecule has 0 aliphatic rings. The van der Waals surface area contributed by atoms with E-state index in [9.17, 15) is 9.59 Å². The molecule has 3 aromatic rings. The van der Waals surface area contributed by atoms with E-state index in [-0.39, 0.29) is 5.91 Å². The summed E-state index contributed by atoms with van der Waals surface area (Å²) in [5.41, 5.74) is 3.23. The van der Waals surface area contributed by atoms with Crippen LogP contribution in [0.15, 0.2) is 89.9 Å². The molecule has 3 aromatic carbocycles. The lowest BCUT2D eigenvalue weighted by molar-refractivity contribution is -0.128. The van der Waals surface area contributed by atoms with Crippen LogP contribution in [0.5, 0.6) is 5.75 Å². The quantitative estimate of drug-likeness (QED) is 0.251. The second kappa shape index (κ2) is 10.5. The lowest BCUT2D eigenvalue weighted by atomic mass is 10.2. The lowest BCUT2D eigenvalue weighted by Gasteiger charge is -2.04. The molecule has 0 spiro atoms. The van der Waals surface area contributed by atoms with Crippen molar-refractivity contribution in [3.05, 3.63) is 96.1 Å². The Balaban J connectivity index is 1.58. The number of carbonyl (C=O) groups excluding carboxylic acids is 2. The zero-order valence-corrected chi connectivity index (χ0v) is 16.6. The van der Waals surface area contributed by atoms with Gasteiger partial charge in [-0.2, -0.15) is 0 Å². The Morgan fingerprint density at radius 1 is 0.933 bits per heavy atom. The predicted molar refractivity (Wildman–Crippen MR) is 120 cm³/mol. The first kappa shape index (κ1) is 20.7. The second-order valence-corrected chi connectivity index (χ2v) is 6.44. The van der Waals surface area contributed by atoms with Crippen molar-refractivity contribution >= 4 is 35.5 Å². The van der Waals surface area contributed by atoms with Gasteiger partial charge in [0.25, 0.3) is 0 Å². The van der Waals surface area contributed by atoms with Gasteiger partial charge in [-0.1, -0.05) is 43.3 Å². The zero-order valence-electron chi connectivity index (χ0n) is 16.6. The molecule has 0 saturated heterocycles. The lowest BCUT2D eigenvalue weighted by Crippen LogP contribution is -2.08.